The van der Waals surface area contributed by atoms with Crippen LogP contribution in [-0.4, -0.2) is 91.2 Å². The second kappa shape index (κ2) is 6.49. The lowest BCUT2D eigenvalue weighted by molar-refractivity contribution is 0.308. The van der Waals surface area contributed by atoms with Crippen molar-refractivity contribution in [2.45, 2.75) is 0 Å². The zero-order valence-corrected chi connectivity index (χ0v) is 14.5. The largest absolute Gasteiger partial charge is 0.351 e. The van der Waals surface area contributed by atoms with E-state index in [1.807, 2.05) is 12.1 Å². The number of piperazine rings is 2. The van der Waals surface area contributed by atoms with Gasteiger partial charge in [0.15, 0.2) is 17.3 Å². The molecule has 0 N–H and O–H groups in total. The second-order valence-corrected chi connectivity index (χ2v) is 6.80. The summed E-state index contributed by atoms with van der Waals surface area (Å²) in [5, 5.41) is 0. The van der Waals surface area contributed by atoms with Gasteiger partial charge in [0.1, 0.15) is 5.52 Å². The van der Waals surface area contributed by atoms with Gasteiger partial charge in [-0.1, -0.05) is 0 Å². The van der Waals surface area contributed by atoms with Gasteiger partial charge in [0, 0.05) is 58.6 Å². The van der Waals surface area contributed by atoms with Crippen molar-refractivity contribution in [3.8, 4) is 0 Å². The quantitative estimate of drug-likeness (QED) is 0.797. The first-order valence-corrected chi connectivity index (χ1v) is 8.70. The number of rotatable bonds is 2. The van der Waals surface area contributed by atoms with Gasteiger partial charge in [0.2, 0.25) is 0 Å². The number of anilines is 2. The third-order valence-electron chi connectivity index (χ3n) is 5.01. The van der Waals surface area contributed by atoms with Crippen molar-refractivity contribution in [1.82, 2.24) is 24.8 Å². The van der Waals surface area contributed by atoms with Crippen LogP contribution in [0.4, 0.5) is 11.6 Å². The van der Waals surface area contributed by atoms with Crippen LogP contribution in [0.15, 0.2) is 18.3 Å². The molecule has 0 aromatic carbocycles. The molecule has 2 aliphatic rings. The van der Waals surface area contributed by atoms with Crippen molar-refractivity contribution in [3.05, 3.63) is 18.3 Å². The summed E-state index contributed by atoms with van der Waals surface area (Å²) in [4.78, 5) is 23.7. The maximum absolute atomic E-state index is 4.95. The van der Waals surface area contributed by atoms with Crippen LogP contribution in [0.1, 0.15) is 0 Å². The molecule has 0 aliphatic carbocycles. The van der Waals surface area contributed by atoms with Gasteiger partial charge in [-0.2, -0.15) is 0 Å². The summed E-state index contributed by atoms with van der Waals surface area (Å²) in [6.45, 7) is 8.22. The number of nitrogens with zero attached hydrogens (tertiary/aromatic N) is 7. The number of hydrogen-bond acceptors (Lipinski definition) is 7. The van der Waals surface area contributed by atoms with E-state index in [0.29, 0.717) is 0 Å². The van der Waals surface area contributed by atoms with Crippen molar-refractivity contribution >= 4 is 22.8 Å². The highest BCUT2D eigenvalue weighted by Gasteiger charge is 2.25. The third-order valence-corrected chi connectivity index (χ3v) is 5.01. The average molecular weight is 327 g/mol. The van der Waals surface area contributed by atoms with Gasteiger partial charge >= 0.3 is 0 Å². The van der Waals surface area contributed by atoms with Crippen molar-refractivity contribution < 1.29 is 0 Å². The highest BCUT2D eigenvalue weighted by molar-refractivity contribution is 5.78. The fourth-order valence-corrected chi connectivity index (χ4v) is 3.34. The number of fused-ring (bicyclic) bond motifs is 1. The van der Waals surface area contributed by atoms with Crippen LogP contribution in [0.3, 0.4) is 0 Å². The van der Waals surface area contributed by atoms with E-state index in [4.69, 9.17) is 9.97 Å². The van der Waals surface area contributed by atoms with Gasteiger partial charge in [-0.05, 0) is 26.2 Å². The minimum atomic E-state index is 0.740. The van der Waals surface area contributed by atoms with Crippen LogP contribution in [0, 0.1) is 0 Å². The Bertz CT molecular complexity index is 643. The van der Waals surface area contributed by atoms with Crippen molar-refractivity contribution in [2.24, 2.45) is 0 Å². The monoisotopic (exact) mass is 327 g/mol. The van der Waals surface area contributed by atoms with E-state index in [1.54, 1.807) is 6.20 Å². The molecule has 2 aromatic rings. The van der Waals surface area contributed by atoms with Crippen LogP contribution in [0.5, 0.6) is 0 Å². The number of hydrogen-bond donors (Lipinski definition) is 0. The Kier molecular flexibility index (Phi) is 4.20. The fraction of sp³-hybridized carbons (Fsp3) is 0.588. The third kappa shape index (κ3) is 3.01. The van der Waals surface area contributed by atoms with Crippen LogP contribution in [0.2, 0.25) is 0 Å². The van der Waals surface area contributed by atoms with Gasteiger partial charge in [-0.15, -0.1) is 0 Å². The maximum atomic E-state index is 4.95. The highest BCUT2D eigenvalue weighted by Crippen LogP contribution is 2.29. The van der Waals surface area contributed by atoms with E-state index in [-0.39, 0.29) is 0 Å². The van der Waals surface area contributed by atoms with Crippen molar-refractivity contribution in [2.75, 3.05) is 76.3 Å². The Morgan fingerprint density at radius 2 is 1.29 bits per heavy atom. The zero-order valence-electron chi connectivity index (χ0n) is 14.5. The molecule has 2 aromatic heterocycles. The molecule has 0 radical (unpaired) electrons. The Balaban J connectivity index is 1.73. The fourth-order valence-electron chi connectivity index (χ4n) is 3.34. The topological polar surface area (TPSA) is 51.6 Å². The molecule has 128 valence electrons. The molecule has 2 saturated heterocycles. The number of pyridine rings is 1. The molecule has 0 atom stereocenters. The van der Waals surface area contributed by atoms with Crippen LogP contribution in [0.25, 0.3) is 11.2 Å². The molecule has 0 saturated carbocycles. The molecule has 4 rings (SSSR count). The van der Waals surface area contributed by atoms with Crippen LogP contribution < -0.4 is 9.80 Å². The van der Waals surface area contributed by atoms with Gasteiger partial charge in [0.25, 0.3) is 0 Å². The van der Waals surface area contributed by atoms with Crippen LogP contribution >= 0.6 is 0 Å². The Labute approximate surface area is 142 Å². The molecule has 2 fully saturated rings. The van der Waals surface area contributed by atoms with Crippen molar-refractivity contribution in [3.63, 3.8) is 0 Å². The van der Waals surface area contributed by atoms with Gasteiger partial charge in [-0.25, -0.2) is 15.0 Å². The highest BCUT2D eigenvalue weighted by atomic mass is 15.3. The van der Waals surface area contributed by atoms with E-state index in [1.165, 1.54) is 0 Å². The van der Waals surface area contributed by atoms with E-state index in [0.717, 1.165) is 75.2 Å². The van der Waals surface area contributed by atoms with Crippen molar-refractivity contribution in [1.29, 1.82) is 0 Å². The summed E-state index contributed by atoms with van der Waals surface area (Å²) in [6.07, 6.45) is 1.79. The zero-order chi connectivity index (χ0) is 16.5. The summed E-state index contributed by atoms with van der Waals surface area (Å²) in [5.74, 6) is 2.02. The molecule has 7 nitrogen and oxygen atoms in total. The minimum absolute atomic E-state index is 0.740. The van der Waals surface area contributed by atoms with Gasteiger partial charge in [-0.3, -0.25) is 0 Å². The van der Waals surface area contributed by atoms with Gasteiger partial charge in [0.05, 0.1) is 0 Å². The molecule has 0 unspecified atom stereocenters. The van der Waals surface area contributed by atoms with E-state index in [2.05, 4.69) is 38.7 Å². The van der Waals surface area contributed by atoms with E-state index in [9.17, 15) is 0 Å². The first kappa shape index (κ1) is 15.5. The molecule has 4 heterocycles. The molecule has 0 spiro atoms. The lowest BCUT2D eigenvalue weighted by Gasteiger charge is -2.38. The van der Waals surface area contributed by atoms with Crippen LogP contribution in [-0.2, 0) is 0 Å². The lowest BCUT2D eigenvalue weighted by atomic mass is 10.3. The molecular weight excluding hydrogens is 302 g/mol. The summed E-state index contributed by atoms with van der Waals surface area (Å²) >= 11 is 0. The SMILES string of the molecule is CN1CCN(c2nc3cccnc3nc2N2CCN(C)CC2)CC1. The minimum Gasteiger partial charge on any atom is -0.351 e. The Morgan fingerprint density at radius 1 is 0.750 bits per heavy atom. The Hall–Kier alpha value is -1.99. The molecule has 0 bridgehead atoms. The molecule has 7 heteroatoms. The number of likely N-dealkylation sites (N-methyl/N-ethyl adjacent to an activating group) is 2. The summed E-state index contributed by atoms with van der Waals surface area (Å²) < 4.78 is 0. The summed E-state index contributed by atoms with van der Waals surface area (Å²) in [6, 6.07) is 3.93. The first-order chi connectivity index (χ1) is 11.7. The first-order valence-electron chi connectivity index (χ1n) is 8.70. The van der Waals surface area contributed by atoms with E-state index >= 15 is 0 Å². The molecular formula is C17H25N7. The molecule has 0 amide bonds. The predicted octanol–water partition coefficient (Wildman–Crippen LogP) is 0.528. The van der Waals surface area contributed by atoms with Gasteiger partial charge < -0.3 is 19.6 Å². The van der Waals surface area contributed by atoms with E-state index < -0.39 is 0 Å². The molecule has 24 heavy (non-hydrogen) atoms. The summed E-state index contributed by atoms with van der Waals surface area (Å²) in [7, 11) is 4.35. The lowest BCUT2D eigenvalue weighted by Crippen LogP contribution is -2.48. The Morgan fingerprint density at radius 3 is 1.88 bits per heavy atom. The second-order valence-electron chi connectivity index (χ2n) is 6.80. The predicted molar refractivity (Wildman–Crippen MR) is 96.8 cm³/mol. The normalized spacial score (nSPS) is 20.8. The smallest absolute Gasteiger partial charge is 0.180 e. The standard InChI is InChI=1S/C17H25N7/c1-21-6-10-23(11-7-21)16-17(24-12-8-22(2)9-13-24)20-15-14(19-16)4-3-5-18-15/h3-5H,6-13H2,1-2H3. The maximum Gasteiger partial charge on any atom is 0.180 e. The molecule has 2 aliphatic heterocycles. The number of aromatic nitrogens is 3. The summed E-state index contributed by atoms with van der Waals surface area (Å²) in [5.41, 5.74) is 1.62. The average Bonchev–Trinajstić information content (AvgIpc) is 2.62.